The number of rotatable bonds is 3. The zero-order valence-electron chi connectivity index (χ0n) is 11.8. The fraction of sp³-hybridized carbons (Fsp3) is 0.571. The molecule has 0 amide bonds. The van der Waals surface area contributed by atoms with Gasteiger partial charge in [-0.1, -0.05) is 12.1 Å². The third-order valence-electron chi connectivity index (χ3n) is 3.96. The van der Waals surface area contributed by atoms with Crippen LogP contribution in [0.15, 0.2) is 18.2 Å². The molecule has 1 heterocycles. The van der Waals surface area contributed by atoms with E-state index in [0.717, 1.165) is 37.3 Å². The molecule has 0 aromatic heterocycles. The second-order valence-corrected chi connectivity index (χ2v) is 5.40. The molecule has 0 radical (unpaired) electrons. The molecule has 104 valence electrons. The maximum atomic E-state index is 11.0. The van der Waals surface area contributed by atoms with E-state index in [-0.39, 0.29) is 10.6 Å². The van der Waals surface area contributed by atoms with Crippen LogP contribution in [0.3, 0.4) is 0 Å². The maximum absolute atomic E-state index is 11.0. The predicted octanol–water partition coefficient (Wildman–Crippen LogP) is 2.04. The van der Waals surface area contributed by atoms with E-state index < -0.39 is 0 Å². The summed E-state index contributed by atoms with van der Waals surface area (Å²) in [6.07, 6.45) is 0. The summed E-state index contributed by atoms with van der Waals surface area (Å²) in [6.45, 7) is 7.96. The molecule has 0 bridgehead atoms. The molecule has 19 heavy (non-hydrogen) atoms. The minimum atomic E-state index is -0.299. The Kier molecular flexibility index (Phi) is 4.17. The third kappa shape index (κ3) is 3.11. The van der Waals surface area contributed by atoms with Crippen LogP contribution in [0, 0.1) is 17.0 Å². The average molecular weight is 263 g/mol. The van der Waals surface area contributed by atoms with Crippen molar-refractivity contribution in [2.45, 2.75) is 26.4 Å². The molecular formula is C14H21N3O2. The molecule has 1 saturated heterocycles. The molecule has 0 saturated carbocycles. The highest BCUT2D eigenvalue weighted by Gasteiger charge is 2.23. The second-order valence-electron chi connectivity index (χ2n) is 5.40. The van der Waals surface area contributed by atoms with Gasteiger partial charge in [-0.15, -0.1) is 0 Å². The van der Waals surface area contributed by atoms with E-state index in [2.05, 4.69) is 23.8 Å². The quantitative estimate of drug-likeness (QED) is 0.618. The number of likely N-dealkylation sites (N-methyl/N-ethyl adjacent to an activating group) is 1. The molecule has 1 aromatic rings. The lowest BCUT2D eigenvalue weighted by atomic mass is 10.0. The van der Waals surface area contributed by atoms with Gasteiger partial charge in [0.05, 0.1) is 4.92 Å². The first-order valence-electron chi connectivity index (χ1n) is 6.64. The molecule has 1 aliphatic heterocycles. The van der Waals surface area contributed by atoms with Gasteiger partial charge in [0, 0.05) is 43.9 Å². The van der Waals surface area contributed by atoms with Crippen LogP contribution in [-0.4, -0.2) is 47.4 Å². The number of nitro benzene ring substituents is 1. The molecule has 5 heteroatoms. The van der Waals surface area contributed by atoms with E-state index in [9.17, 15) is 10.1 Å². The molecule has 2 rings (SSSR count). The molecule has 0 spiro atoms. The standard InChI is InChI=1S/C14H21N3O2/c1-11-9-15(3)7-8-16(11)10-13-5-4-6-14(12(13)2)17(18)19/h4-6,11H,7-10H2,1-3H3. The summed E-state index contributed by atoms with van der Waals surface area (Å²) in [7, 11) is 2.13. The highest BCUT2D eigenvalue weighted by atomic mass is 16.6. The minimum Gasteiger partial charge on any atom is -0.304 e. The highest BCUT2D eigenvalue weighted by molar-refractivity contribution is 5.44. The molecule has 5 nitrogen and oxygen atoms in total. The largest absolute Gasteiger partial charge is 0.304 e. The zero-order chi connectivity index (χ0) is 14.0. The summed E-state index contributed by atoms with van der Waals surface area (Å²) in [5, 5.41) is 11.0. The van der Waals surface area contributed by atoms with Crippen LogP contribution in [0.2, 0.25) is 0 Å². The topological polar surface area (TPSA) is 49.6 Å². The van der Waals surface area contributed by atoms with Crippen molar-refractivity contribution in [1.29, 1.82) is 0 Å². The van der Waals surface area contributed by atoms with Crippen LogP contribution < -0.4 is 0 Å². The normalized spacial score (nSPS) is 21.5. The zero-order valence-corrected chi connectivity index (χ0v) is 11.8. The number of hydrogen-bond donors (Lipinski definition) is 0. The SMILES string of the molecule is Cc1c(CN2CCN(C)CC2C)cccc1[N+](=O)[O-]. The van der Waals surface area contributed by atoms with Gasteiger partial charge in [-0.3, -0.25) is 15.0 Å². The Morgan fingerprint density at radius 2 is 2.16 bits per heavy atom. The summed E-state index contributed by atoms with van der Waals surface area (Å²) in [5.41, 5.74) is 2.07. The first-order valence-corrected chi connectivity index (χ1v) is 6.64. The van der Waals surface area contributed by atoms with Crippen LogP contribution in [0.4, 0.5) is 5.69 Å². The summed E-state index contributed by atoms with van der Waals surface area (Å²) in [6, 6.07) is 5.83. The van der Waals surface area contributed by atoms with Gasteiger partial charge in [-0.25, -0.2) is 0 Å². The van der Waals surface area contributed by atoms with Crippen LogP contribution >= 0.6 is 0 Å². The Balaban J connectivity index is 2.15. The van der Waals surface area contributed by atoms with Crippen molar-refractivity contribution in [2.75, 3.05) is 26.7 Å². The van der Waals surface area contributed by atoms with E-state index in [0.29, 0.717) is 6.04 Å². The van der Waals surface area contributed by atoms with Gasteiger partial charge in [0.25, 0.3) is 5.69 Å². The lowest BCUT2D eigenvalue weighted by Gasteiger charge is -2.38. The average Bonchev–Trinajstić information content (AvgIpc) is 2.34. The van der Waals surface area contributed by atoms with Gasteiger partial charge in [0.2, 0.25) is 0 Å². The van der Waals surface area contributed by atoms with E-state index >= 15 is 0 Å². The molecular weight excluding hydrogens is 242 g/mol. The Labute approximate surface area is 114 Å². The van der Waals surface area contributed by atoms with Gasteiger partial charge in [-0.05, 0) is 26.5 Å². The molecule has 1 atom stereocenters. The molecule has 1 aromatic carbocycles. The van der Waals surface area contributed by atoms with Gasteiger partial charge in [0.1, 0.15) is 0 Å². The van der Waals surface area contributed by atoms with Crippen molar-refractivity contribution in [3.63, 3.8) is 0 Å². The Hall–Kier alpha value is -1.46. The van der Waals surface area contributed by atoms with Gasteiger partial charge >= 0.3 is 0 Å². The van der Waals surface area contributed by atoms with Gasteiger partial charge < -0.3 is 4.90 Å². The van der Waals surface area contributed by atoms with E-state index in [1.807, 2.05) is 13.0 Å². The van der Waals surface area contributed by atoms with Crippen LogP contribution in [0.5, 0.6) is 0 Å². The van der Waals surface area contributed by atoms with Crippen molar-refractivity contribution in [2.24, 2.45) is 0 Å². The molecule has 1 aliphatic rings. The Bertz CT molecular complexity index is 476. The fourth-order valence-corrected chi connectivity index (χ4v) is 2.67. The van der Waals surface area contributed by atoms with Crippen molar-refractivity contribution < 1.29 is 4.92 Å². The van der Waals surface area contributed by atoms with Crippen molar-refractivity contribution >= 4 is 5.69 Å². The highest BCUT2D eigenvalue weighted by Crippen LogP contribution is 2.23. The van der Waals surface area contributed by atoms with Crippen LogP contribution in [0.25, 0.3) is 0 Å². The predicted molar refractivity (Wildman–Crippen MR) is 75.2 cm³/mol. The van der Waals surface area contributed by atoms with Crippen LogP contribution in [-0.2, 0) is 6.54 Å². The first kappa shape index (κ1) is 14.0. The van der Waals surface area contributed by atoms with E-state index in [4.69, 9.17) is 0 Å². The van der Waals surface area contributed by atoms with Crippen LogP contribution in [0.1, 0.15) is 18.1 Å². The summed E-state index contributed by atoms with van der Waals surface area (Å²) in [5.74, 6) is 0. The van der Waals surface area contributed by atoms with Crippen molar-refractivity contribution in [1.82, 2.24) is 9.80 Å². The number of benzene rings is 1. The molecule has 1 fully saturated rings. The van der Waals surface area contributed by atoms with Gasteiger partial charge in [0.15, 0.2) is 0 Å². The minimum absolute atomic E-state index is 0.222. The maximum Gasteiger partial charge on any atom is 0.272 e. The summed E-state index contributed by atoms with van der Waals surface area (Å²) < 4.78 is 0. The molecule has 0 aliphatic carbocycles. The molecule has 1 unspecified atom stereocenters. The number of nitrogens with zero attached hydrogens (tertiary/aromatic N) is 3. The smallest absolute Gasteiger partial charge is 0.272 e. The van der Waals surface area contributed by atoms with E-state index in [1.54, 1.807) is 12.1 Å². The second kappa shape index (κ2) is 5.67. The van der Waals surface area contributed by atoms with E-state index in [1.165, 1.54) is 0 Å². The third-order valence-corrected chi connectivity index (χ3v) is 3.96. The first-order chi connectivity index (χ1) is 8.99. The van der Waals surface area contributed by atoms with Crippen molar-refractivity contribution in [3.8, 4) is 0 Å². The Morgan fingerprint density at radius 1 is 1.42 bits per heavy atom. The molecule has 0 N–H and O–H groups in total. The lowest BCUT2D eigenvalue weighted by molar-refractivity contribution is -0.385. The Morgan fingerprint density at radius 3 is 2.79 bits per heavy atom. The number of piperazine rings is 1. The number of nitro groups is 1. The lowest BCUT2D eigenvalue weighted by Crippen LogP contribution is -2.49. The monoisotopic (exact) mass is 263 g/mol. The summed E-state index contributed by atoms with van der Waals surface area (Å²) >= 11 is 0. The van der Waals surface area contributed by atoms with Gasteiger partial charge in [-0.2, -0.15) is 0 Å². The fourth-order valence-electron chi connectivity index (χ4n) is 2.67. The number of hydrogen-bond acceptors (Lipinski definition) is 4. The van der Waals surface area contributed by atoms with Crippen molar-refractivity contribution in [3.05, 3.63) is 39.4 Å². The summed E-state index contributed by atoms with van der Waals surface area (Å²) in [4.78, 5) is 15.4.